The van der Waals surface area contributed by atoms with Gasteiger partial charge in [0.15, 0.2) is 5.69 Å². The first-order valence-electron chi connectivity index (χ1n) is 10.3. The Hall–Kier alpha value is -2.45. The maximum absolute atomic E-state index is 12.6. The van der Waals surface area contributed by atoms with Crippen LogP contribution in [0.2, 0.25) is 0 Å². The molecule has 2 amide bonds. The van der Waals surface area contributed by atoms with Crippen molar-refractivity contribution in [2.24, 2.45) is 0 Å². The van der Waals surface area contributed by atoms with Crippen LogP contribution in [-0.2, 0) is 6.54 Å². The fraction of sp³-hybridized carbons (Fsp3) is 0.524. The minimum atomic E-state index is -0.231. The van der Waals surface area contributed by atoms with E-state index in [9.17, 15) is 9.59 Å². The molecule has 0 atom stereocenters. The Morgan fingerprint density at radius 2 is 1.80 bits per heavy atom. The maximum Gasteiger partial charge on any atom is 0.274 e. The van der Waals surface area contributed by atoms with Crippen LogP contribution in [0, 0.1) is 6.92 Å². The van der Waals surface area contributed by atoms with Gasteiger partial charge in [-0.05, 0) is 64.4 Å². The number of rotatable bonds is 7. The van der Waals surface area contributed by atoms with E-state index in [0.717, 1.165) is 37.2 Å². The Kier molecular flexibility index (Phi) is 8.80. The zero-order valence-electron chi connectivity index (χ0n) is 17.9. The van der Waals surface area contributed by atoms with Crippen LogP contribution in [0.3, 0.4) is 0 Å². The number of nitrogens with one attached hydrogen (secondary N) is 2. The number of halogens is 1. The van der Waals surface area contributed by atoms with Crippen molar-refractivity contribution in [3.63, 3.8) is 0 Å². The average Bonchev–Trinajstić information content (AvgIpc) is 3.15. The van der Waals surface area contributed by atoms with E-state index in [-0.39, 0.29) is 24.2 Å². The number of amides is 2. The lowest BCUT2D eigenvalue weighted by Gasteiger charge is -2.23. The van der Waals surface area contributed by atoms with Crippen LogP contribution in [0.5, 0.6) is 0 Å². The summed E-state index contributed by atoms with van der Waals surface area (Å²) in [6, 6.07) is 7.65. The van der Waals surface area contributed by atoms with Crippen LogP contribution in [0.4, 0.5) is 0 Å². The second-order valence-corrected chi connectivity index (χ2v) is 7.31. The third kappa shape index (κ3) is 5.37. The van der Waals surface area contributed by atoms with Gasteiger partial charge in [-0.1, -0.05) is 17.3 Å². The summed E-state index contributed by atoms with van der Waals surface area (Å²) in [4.78, 5) is 26.7. The predicted molar refractivity (Wildman–Crippen MR) is 118 cm³/mol. The SMILES string of the molecule is CCN(CC)C(=O)c1ccc(CNC(=O)c2nnn(C3CCNCC3)c2C)cc1.Cl. The predicted octanol–water partition coefficient (Wildman–Crippen LogP) is 2.34. The normalized spacial score (nSPS) is 14.1. The molecule has 164 valence electrons. The summed E-state index contributed by atoms with van der Waals surface area (Å²) in [5, 5.41) is 14.6. The van der Waals surface area contributed by atoms with Gasteiger partial charge in [0, 0.05) is 25.2 Å². The molecule has 0 saturated carbocycles. The fourth-order valence-corrected chi connectivity index (χ4v) is 3.67. The Morgan fingerprint density at radius 1 is 1.17 bits per heavy atom. The lowest BCUT2D eigenvalue weighted by atomic mass is 10.1. The molecule has 9 heteroatoms. The van der Waals surface area contributed by atoms with E-state index in [1.54, 1.807) is 17.0 Å². The highest BCUT2D eigenvalue weighted by atomic mass is 35.5. The number of benzene rings is 1. The molecule has 1 fully saturated rings. The summed E-state index contributed by atoms with van der Waals surface area (Å²) in [5.74, 6) is -0.207. The number of hydrogen-bond donors (Lipinski definition) is 2. The van der Waals surface area contributed by atoms with Gasteiger partial charge < -0.3 is 15.5 Å². The lowest BCUT2D eigenvalue weighted by molar-refractivity contribution is 0.0772. The molecular weight excluding hydrogens is 404 g/mol. The number of aromatic nitrogens is 3. The molecule has 1 aromatic carbocycles. The van der Waals surface area contributed by atoms with E-state index in [0.29, 0.717) is 36.9 Å². The number of nitrogens with zero attached hydrogens (tertiary/aromatic N) is 4. The molecule has 2 aromatic rings. The molecule has 1 aliphatic rings. The minimum absolute atomic E-state index is 0. The third-order valence-electron chi connectivity index (χ3n) is 5.50. The van der Waals surface area contributed by atoms with Crippen LogP contribution in [0.15, 0.2) is 24.3 Å². The standard InChI is InChI=1S/C21H30N6O2.ClH/c1-4-26(5-2)21(29)17-8-6-16(7-9-17)14-23-20(28)19-15(3)27(25-24-19)18-10-12-22-13-11-18;/h6-9,18,22H,4-5,10-14H2,1-3H3,(H,23,28);1H. The van der Waals surface area contributed by atoms with E-state index < -0.39 is 0 Å². The van der Waals surface area contributed by atoms with Crippen LogP contribution < -0.4 is 10.6 Å². The van der Waals surface area contributed by atoms with E-state index >= 15 is 0 Å². The van der Waals surface area contributed by atoms with Gasteiger partial charge in [-0.2, -0.15) is 0 Å². The molecule has 0 spiro atoms. The number of piperidine rings is 1. The van der Waals surface area contributed by atoms with Crippen molar-refractivity contribution in [2.75, 3.05) is 26.2 Å². The van der Waals surface area contributed by atoms with Crippen molar-refractivity contribution in [2.45, 2.75) is 46.2 Å². The summed E-state index contributed by atoms with van der Waals surface area (Å²) in [7, 11) is 0. The Bertz CT molecular complexity index is 842. The van der Waals surface area contributed by atoms with Gasteiger partial charge in [0.1, 0.15) is 0 Å². The van der Waals surface area contributed by atoms with E-state index in [1.807, 2.05) is 37.6 Å². The molecule has 2 heterocycles. The molecule has 2 N–H and O–H groups in total. The molecule has 8 nitrogen and oxygen atoms in total. The highest BCUT2D eigenvalue weighted by Crippen LogP contribution is 2.20. The van der Waals surface area contributed by atoms with Crippen molar-refractivity contribution in [3.8, 4) is 0 Å². The molecule has 1 aliphatic heterocycles. The van der Waals surface area contributed by atoms with Crippen LogP contribution in [0.25, 0.3) is 0 Å². The van der Waals surface area contributed by atoms with Crippen LogP contribution in [-0.4, -0.2) is 57.9 Å². The second-order valence-electron chi connectivity index (χ2n) is 7.31. The quantitative estimate of drug-likeness (QED) is 0.697. The Morgan fingerprint density at radius 3 is 2.40 bits per heavy atom. The Balaban J connectivity index is 0.00000320. The smallest absolute Gasteiger partial charge is 0.274 e. The van der Waals surface area contributed by atoms with Crippen molar-refractivity contribution in [1.82, 2.24) is 30.5 Å². The number of hydrogen-bond acceptors (Lipinski definition) is 5. The van der Waals surface area contributed by atoms with Crippen molar-refractivity contribution < 1.29 is 9.59 Å². The summed E-state index contributed by atoms with van der Waals surface area (Å²) in [5.41, 5.74) is 2.76. The largest absolute Gasteiger partial charge is 0.347 e. The lowest BCUT2D eigenvalue weighted by Crippen LogP contribution is -2.30. The fourth-order valence-electron chi connectivity index (χ4n) is 3.67. The van der Waals surface area contributed by atoms with Gasteiger partial charge in [0.05, 0.1) is 11.7 Å². The van der Waals surface area contributed by atoms with Gasteiger partial charge in [-0.15, -0.1) is 17.5 Å². The molecule has 30 heavy (non-hydrogen) atoms. The zero-order chi connectivity index (χ0) is 20.8. The van der Waals surface area contributed by atoms with E-state index in [2.05, 4.69) is 20.9 Å². The monoisotopic (exact) mass is 434 g/mol. The minimum Gasteiger partial charge on any atom is -0.347 e. The van der Waals surface area contributed by atoms with Crippen molar-refractivity contribution in [3.05, 3.63) is 46.8 Å². The average molecular weight is 435 g/mol. The van der Waals surface area contributed by atoms with Crippen molar-refractivity contribution in [1.29, 1.82) is 0 Å². The van der Waals surface area contributed by atoms with Crippen LogP contribution in [0.1, 0.15) is 64.8 Å². The summed E-state index contributed by atoms with van der Waals surface area (Å²) >= 11 is 0. The molecular formula is C21H31ClN6O2. The zero-order valence-corrected chi connectivity index (χ0v) is 18.7. The highest BCUT2D eigenvalue weighted by molar-refractivity contribution is 5.94. The van der Waals surface area contributed by atoms with E-state index in [4.69, 9.17) is 0 Å². The third-order valence-corrected chi connectivity index (χ3v) is 5.50. The molecule has 0 bridgehead atoms. The van der Waals surface area contributed by atoms with Gasteiger partial charge in [-0.25, -0.2) is 4.68 Å². The topological polar surface area (TPSA) is 92.2 Å². The first kappa shape index (κ1) is 23.8. The molecule has 0 radical (unpaired) electrons. The van der Waals surface area contributed by atoms with E-state index in [1.165, 1.54) is 0 Å². The van der Waals surface area contributed by atoms with Crippen molar-refractivity contribution >= 4 is 24.2 Å². The number of carbonyl (C=O) groups excluding carboxylic acids is 2. The van der Waals surface area contributed by atoms with Gasteiger partial charge in [0.2, 0.25) is 0 Å². The first-order chi connectivity index (χ1) is 14.0. The maximum atomic E-state index is 12.6. The molecule has 0 aliphatic carbocycles. The Labute approximate surface area is 183 Å². The highest BCUT2D eigenvalue weighted by Gasteiger charge is 2.22. The second kappa shape index (κ2) is 11.1. The molecule has 3 rings (SSSR count). The summed E-state index contributed by atoms with van der Waals surface area (Å²) < 4.78 is 1.88. The van der Waals surface area contributed by atoms with Gasteiger partial charge in [-0.3, -0.25) is 9.59 Å². The van der Waals surface area contributed by atoms with Gasteiger partial charge >= 0.3 is 0 Å². The summed E-state index contributed by atoms with van der Waals surface area (Å²) in [6.45, 7) is 9.48. The number of carbonyl (C=O) groups is 2. The molecule has 0 unspecified atom stereocenters. The summed E-state index contributed by atoms with van der Waals surface area (Å²) in [6.07, 6.45) is 1.98. The van der Waals surface area contributed by atoms with Gasteiger partial charge in [0.25, 0.3) is 11.8 Å². The molecule has 1 saturated heterocycles. The first-order valence-corrected chi connectivity index (χ1v) is 10.3. The molecule has 1 aromatic heterocycles. The van der Waals surface area contributed by atoms with Crippen LogP contribution >= 0.6 is 12.4 Å².